The van der Waals surface area contributed by atoms with E-state index in [0.717, 1.165) is 17.6 Å². The SMILES string of the molecule is CC1CNC(c2ccc(Br)cc2)CO1. The summed E-state index contributed by atoms with van der Waals surface area (Å²) in [7, 11) is 0. The highest BCUT2D eigenvalue weighted by Gasteiger charge is 2.18. The highest BCUT2D eigenvalue weighted by molar-refractivity contribution is 9.10. The lowest BCUT2D eigenvalue weighted by molar-refractivity contribution is 0.0149. The van der Waals surface area contributed by atoms with Gasteiger partial charge in [-0.15, -0.1) is 0 Å². The summed E-state index contributed by atoms with van der Waals surface area (Å²) in [6.07, 6.45) is 0.335. The predicted octanol–water partition coefficient (Wildman–Crippen LogP) is 2.50. The molecule has 0 radical (unpaired) electrons. The molecule has 0 spiro atoms. The monoisotopic (exact) mass is 255 g/mol. The highest BCUT2D eigenvalue weighted by Crippen LogP contribution is 2.19. The van der Waals surface area contributed by atoms with Gasteiger partial charge < -0.3 is 10.1 Å². The smallest absolute Gasteiger partial charge is 0.0672 e. The Bertz CT molecular complexity index is 291. The number of morpholine rings is 1. The second-order valence-corrected chi connectivity index (χ2v) is 4.57. The molecule has 0 aliphatic carbocycles. The minimum Gasteiger partial charge on any atom is -0.375 e. The Hall–Kier alpha value is -0.380. The average molecular weight is 256 g/mol. The quantitative estimate of drug-likeness (QED) is 0.833. The van der Waals surface area contributed by atoms with Gasteiger partial charge in [-0.2, -0.15) is 0 Å². The Kier molecular flexibility index (Phi) is 3.21. The Morgan fingerprint density at radius 3 is 2.64 bits per heavy atom. The van der Waals surface area contributed by atoms with Crippen molar-refractivity contribution in [3.05, 3.63) is 34.3 Å². The lowest BCUT2D eigenvalue weighted by Gasteiger charge is -2.28. The molecule has 1 heterocycles. The minimum atomic E-state index is 0.335. The molecule has 76 valence electrons. The van der Waals surface area contributed by atoms with Crippen LogP contribution in [-0.4, -0.2) is 19.3 Å². The Morgan fingerprint density at radius 1 is 1.36 bits per heavy atom. The fourth-order valence-electron chi connectivity index (χ4n) is 1.60. The summed E-state index contributed by atoms with van der Waals surface area (Å²) in [5, 5.41) is 3.46. The lowest BCUT2D eigenvalue weighted by atomic mass is 10.1. The molecule has 2 rings (SSSR count). The fourth-order valence-corrected chi connectivity index (χ4v) is 1.86. The number of hydrogen-bond acceptors (Lipinski definition) is 2. The summed E-state index contributed by atoms with van der Waals surface area (Å²) >= 11 is 3.43. The van der Waals surface area contributed by atoms with Gasteiger partial charge in [0.2, 0.25) is 0 Å². The third kappa shape index (κ3) is 2.35. The molecule has 0 bridgehead atoms. The second kappa shape index (κ2) is 4.43. The summed E-state index contributed by atoms with van der Waals surface area (Å²) in [5.74, 6) is 0. The molecule has 2 nitrogen and oxygen atoms in total. The molecule has 0 aromatic heterocycles. The van der Waals surface area contributed by atoms with Crippen LogP contribution in [0.1, 0.15) is 18.5 Å². The molecule has 1 aliphatic heterocycles. The van der Waals surface area contributed by atoms with Gasteiger partial charge in [0, 0.05) is 11.0 Å². The lowest BCUT2D eigenvalue weighted by Crippen LogP contribution is -2.39. The third-order valence-electron chi connectivity index (χ3n) is 2.47. The van der Waals surface area contributed by atoms with Crippen LogP contribution in [0.4, 0.5) is 0 Å². The standard InChI is InChI=1S/C11H14BrNO/c1-8-6-13-11(7-14-8)9-2-4-10(12)5-3-9/h2-5,8,11,13H,6-7H2,1H3. The molecule has 0 amide bonds. The Labute approximate surface area is 92.8 Å². The van der Waals surface area contributed by atoms with Crippen LogP contribution in [0.15, 0.2) is 28.7 Å². The van der Waals surface area contributed by atoms with Crippen molar-refractivity contribution in [1.29, 1.82) is 0 Å². The topological polar surface area (TPSA) is 21.3 Å². The summed E-state index contributed by atoms with van der Waals surface area (Å²) in [4.78, 5) is 0. The fraction of sp³-hybridized carbons (Fsp3) is 0.455. The maximum absolute atomic E-state index is 5.60. The van der Waals surface area contributed by atoms with Crippen LogP contribution < -0.4 is 5.32 Å². The third-order valence-corrected chi connectivity index (χ3v) is 3.00. The van der Waals surface area contributed by atoms with E-state index >= 15 is 0 Å². The van der Waals surface area contributed by atoms with Crippen molar-refractivity contribution in [2.75, 3.05) is 13.2 Å². The van der Waals surface area contributed by atoms with Crippen molar-refractivity contribution in [2.45, 2.75) is 19.1 Å². The van der Waals surface area contributed by atoms with Crippen LogP contribution in [0.5, 0.6) is 0 Å². The first kappa shape index (κ1) is 10.1. The first-order chi connectivity index (χ1) is 6.75. The average Bonchev–Trinajstić information content (AvgIpc) is 2.21. The largest absolute Gasteiger partial charge is 0.375 e. The zero-order valence-electron chi connectivity index (χ0n) is 8.16. The van der Waals surface area contributed by atoms with Gasteiger partial charge in [0.05, 0.1) is 18.8 Å². The number of hydrogen-bond donors (Lipinski definition) is 1. The van der Waals surface area contributed by atoms with Crippen LogP contribution in [0.3, 0.4) is 0 Å². The van der Waals surface area contributed by atoms with Gasteiger partial charge in [-0.3, -0.25) is 0 Å². The van der Waals surface area contributed by atoms with Crippen LogP contribution >= 0.6 is 15.9 Å². The zero-order chi connectivity index (χ0) is 9.97. The number of rotatable bonds is 1. The van der Waals surface area contributed by atoms with Gasteiger partial charge in [-0.25, -0.2) is 0 Å². The van der Waals surface area contributed by atoms with Crippen LogP contribution in [-0.2, 0) is 4.74 Å². The summed E-state index contributed by atoms with van der Waals surface area (Å²) in [5.41, 5.74) is 1.29. The maximum Gasteiger partial charge on any atom is 0.0672 e. The number of benzene rings is 1. The van der Waals surface area contributed by atoms with Crippen LogP contribution in [0, 0.1) is 0 Å². The molecule has 2 atom stereocenters. The van der Waals surface area contributed by atoms with E-state index in [1.54, 1.807) is 0 Å². The van der Waals surface area contributed by atoms with Crippen molar-refractivity contribution in [3.8, 4) is 0 Å². The van der Waals surface area contributed by atoms with E-state index in [0.29, 0.717) is 12.1 Å². The van der Waals surface area contributed by atoms with E-state index in [4.69, 9.17) is 4.74 Å². The molecule has 2 unspecified atom stereocenters. The molecule has 1 N–H and O–H groups in total. The second-order valence-electron chi connectivity index (χ2n) is 3.66. The summed E-state index contributed by atoms with van der Waals surface area (Å²) in [6.45, 7) is 3.79. The van der Waals surface area contributed by atoms with Gasteiger partial charge in [0.1, 0.15) is 0 Å². The summed E-state index contributed by atoms with van der Waals surface area (Å²) < 4.78 is 6.72. The van der Waals surface area contributed by atoms with E-state index in [2.05, 4.69) is 52.4 Å². The van der Waals surface area contributed by atoms with E-state index in [1.807, 2.05) is 0 Å². The van der Waals surface area contributed by atoms with E-state index in [9.17, 15) is 0 Å². The van der Waals surface area contributed by atoms with Crippen molar-refractivity contribution >= 4 is 15.9 Å². The molecule has 1 aromatic carbocycles. The van der Waals surface area contributed by atoms with Gasteiger partial charge >= 0.3 is 0 Å². The normalized spacial score (nSPS) is 27.6. The van der Waals surface area contributed by atoms with Gasteiger partial charge in [-0.1, -0.05) is 28.1 Å². The minimum absolute atomic E-state index is 0.335. The maximum atomic E-state index is 5.60. The predicted molar refractivity (Wildman–Crippen MR) is 60.3 cm³/mol. The first-order valence-corrected chi connectivity index (χ1v) is 5.65. The van der Waals surface area contributed by atoms with Crippen molar-refractivity contribution in [2.24, 2.45) is 0 Å². The molecule has 3 heteroatoms. The van der Waals surface area contributed by atoms with Crippen molar-refractivity contribution < 1.29 is 4.74 Å². The van der Waals surface area contributed by atoms with Gasteiger partial charge in [0.15, 0.2) is 0 Å². The van der Waals surface area contributed by atoms with Crippen LogP contribution in [0.2, 0.25) is 0 Å². The summed E-state index contributed by atoms with van der Waals surface area (Å²) in [6, 6.07) is 8.73. The van der Waals surface area contributed by atoms with Gasteiger partial charge in [0.25, 0.3) is 0 Å². The molecule has 1 saturated heterocycles. The molecule has 14 heavy (non-hydrogen) atoms. The highest BCUT2D eigenvalue weighted by atomic mass is 79.9. The van der Waals surface area contributed by atoms with E-state index in [-0.39, 0.29) is 0 Å². The number of halogens is 1. The first-order valence-electron chi connectivity index (χ1n) is 4.86. The molecular weight excluding hydrogens is 242 g/mol. The van der Waals surface area contributed by atoms with Crippen molar-refractivity contribution in [3.63, 3.8) is 0 Å². The van der Waals surface area contributed by atoms with Crippen molar-refractivity contribution in [1.82, 2.24) is 5.32 Å². The molecular formula is C11H14BrNO. The molecule has 1 aliphatic rings. The van der Waals surface area contributed by atoms with Gasteiger partial charge in [-0.05, 0) is 24.6 Å². The molecule has 1 aromatic rings. The Balaban J connectivity index is 2.05. The number of ether oxygens (including phenoxy) is 1. The zero-order valence-corrected chi connectivity index (χ0v) is 9.75. The Morgan fingerprint density at radius 2 is 2.07 bits per heavy atom. The molecule has 1 fully saturated rings. The van der Waals surface area contributed by atoms with Crippen LogP contribution in [0.25, 0.3) is 0 Å². The van der Waals surface area contributed by atoms with E-state index in [1.165, 1.54) is 5.56 Å². The number of nitrogens with one attached hydrogen (secondary N) is 1. The molecule has 0 saturated carbocycles. The van der Waals surface area contributed by atoms with E-state index < -0.39 is 0 Å².